The number of nitrogens with zero attached hydrogens (tertiary/aromatic N) is 1. The zero-order valence-electron chi connectivity index (χ0n) is 11.0. The highest BCUT2D eigenvalue weighted by Gasteiger charge is 2.18. The topological polar surface area (TPSA) is 24.9 Å². The minimum Gasteiger partial charge on any atom is -0.357 e. The first kappa shape index (κ1) is 12.4. The van der Waals surface area contributed by atoms with Crippen LogP contribution < -0.4 is 5.32 Å². The molecule has 0 aliphatic carbocycles. The normalized spacial score (nSPS) is 12.0. The minimum atomic E-state index is 0.122. The molecular formula is C14H20N2S. The molecule has 17 heavy (non-hydrogen) atoms. The van der Waals surface area contributed by atoms with Crippen molar-refractivity contribution in [1.82, 2.24) is 4.98 Å². The molecule has 0 radical (unpaired) electrons. The van der Waals surface area contributed by atoms with E-state index in [2.05, 4.69) is 56.2 Å². The van der Waals surface area contributed by atoms with Gasteiger partial charge >= 0.3 is 0 Å². The zero-order chi connectivity index (χ0) is 12.5. The van der Waals surface area contributed by atoms with Gasteiger partial charge in [-0.1, -0.05) is 36.8 Å². The molecule has 2 rings (SSSR count). The van der Waals surface area contributed by atoms with E-state index in [4.69, 9.17) is 0 Å². The van der Waals surface area contributed by atoms with Gasteiger partial charge in [-0.05, 0) is 38.8 Å². The van der Waals surface area contributed by atoms with E-state index in [1.165, 1.54) is 16.7 Å². The first-order valence-electron chi connectivity index (χ1n) is 6.16. The fraction of sp³-hybridized carbons (Fsp3) is 0.500. The van der Waals surface area contributed by atoms with E-state index >= 15 is 0 Å². The van der Waals surface area contributed by atoms with Crippen molar-refractivity contribution in [3.8, 4) is 0 Å². The predicted octanol–water partition coefficient (Wildman–Crippen LogP) is 4.60. The Hall–Kier alpha value is -1.09. The summed E-state index contributed by atoms with van der Waals surface area (Å²) in [6.45, 7) is 8.79. The second-order valence-electron chi connectivity index (χ2n) is 5.20. The number of rotatable bonds is 4. The monoisotopic (exact) mass is 248 g/mol. The van der Waals surface area contributed by atoms with Crippen molar-refractivity contribution in [2.75, 3.05) is 5.32 Å². The molecule has 0 fully saturated rings. The predicted molar refractivity (Wildman–Crippen MR) is 77.0 cm³/mol. The second-order valence-corrected chi connectivity index (χ2v) is 6.23. The van der Waals surface area contributed by atoms with Crippen LogP contribution in [-0.2, 0) is 0 Å². The van der Waals surface area contributed by atoms with Gasteiger partial charge in [-0.25, -0.2) is 4.98 Å². The van der Waals surface area contributed by atoms with Crippen molar-refractivity contribution in [1.29, 1.82) is 0 Å². The lowest BCUT2D eigenvalue weighted by atomic mass is 10.00. The Morgan fingerprint density at radius 1 is 1.35 bits per heavy atom. The molecule has 0 aliphatic heterocycles. The Labute approximate surface area is 107 Å². The van der Waals surface area contributed by atoms with Crippen LogP contribution in [0, 0.1) is 6.92 Å². The third-order valence-corrected chi connectivity index (χ3v) is 3.88. The SMILES string of the molecule is CCCC(C)(C)Nc1nc2c(C)cccc2s1. The van der Waals surface area contributed by atoms with Crippen LogP contribution in [0.5, 0.6) is 0 Å². The van der Waals surface area contributed by atoms with Crippen molar-refractivity contribution in [2.24, 2.45) is 0 Å². The molecule has 0 saturated heterocycles. The molecule has 2 aromatic rings. The van der Waals surface area contributed by atoms with Crippen molar-refractivity contribution in [3.05, 3.63) is 23.8 Å². The van der Waals surface area contributed by atoms with Crippen molar-refractivity contribution < 1.29 is 0 Å². The Kier molecular flexibility index (Phi) is 3.38. The van der Waals surface area contributed by atoms with Gasteiger partial charge in [-0.3, -0.25) is 0 Å². The second kappa shape index (κ2) is 4.65. The molecule has 1 aromatic carbocycles. The molecular weight excluding hydrogens is 228 g/mol. The summed E-state index contributed by atoms with van der Waals surface area (Å²) in [5.74, 6) is 0. The molecule has 1 heterocycles. The molecule has 0 bridgehead atoms. The van der Waals surface area contributed by atoms with E-state index in [0.29, 0.717) is 0 Å². The smallest absolute Gasteiger partial charge is 0.184 e. The first-order chi connectivity index (χ1) is 8.02. The highest BCUT2D eigenvalue weighted by molar-refractivity contribution is 7.22. The number of aryl methyl sites for hydroxylation is 1. The van der Waals surface area contributed by atoms with Gasteiger partial charge in [-0.15, -0.1) is 0 Å². The lowest BCUT2D eigenvalue weighted by molar-refractivity contribution is 0.511. The number of thiazole rings is 1. The molecule has 1 aromatic heterocycles. The van der Waals surface area contributed by atoms with Crippen LogP contribution in [0.3, 0.4) is 0 Å². The van der Waals surface area contributed by atoms with Crippen LogP contribution in [-0.4, -0.2) is 10.5 Å². The van der Waals surface area contributed by atoms with Crippen LogP contribution in [0.2, 0.25) is 0 Å². The van der Waals surface area contributed by atoms with Crippen LogP contribution in [0.25, 0.3) is 10.2 Å². The Balaban J connectivity index is 2.28. The molecule has 0 amide bonds. The molecule has 0 atom stereocenters. The molecule has 0 saturated carbocycles. The average Bonchev–Trinajstić information content (AvgIpc) is 2.60. The van der Waals surface area contributed by atoms with Gasteiger partial charge in [0.1, 0.15) is 0 Å². The number of anilines is 1. The summed E-state index contributed by atoms with van der Waals surface area (Å²) < 4.78 is 1.26. The fourth-order valence-electron chi connectivity index (χ4n) is 2.12. The lowest BCUT2D eigenvalue weighted by Crippen LogP contribution is -2.30. The van der Waals surface area contributed by atoms with E-state index in [0.717, 1.165) is 17.1 Å². The van der Waals surface area contributed by atoms with Gasteiger partial charge in [0.05, 0.1) is 10.2 Å². The maximum absolute atomic E-state index is 4.69. The lowest BCUT2D eigenvalue weighted by Gasteiger charge is -2.25. The van der Waals surface area contributed by atoms with Gasteiger partial charge in [0.2, 0.25) is 0 Å². The molecule has 2 nitrogen and oxygen atoms in total. The van der Waals surface area contributed by atoms with Crippen LogP contribution in [0.1, 0.15) is 39.2 Å². The Morgan fingerprint density at radius 3 is 2.76 bits per heavy atom. The summed E-state index contributed by atoms with van der Waals surface area (Å²) in [5, 5.41) is 4.58. The highest BCUT2D eigenvalue weighted by atomic mass is 32.1. The van der Waals surface area contributed by atoms with E-state index in [1.54, 1.807) is 11.3 Å². The Morgan fingerprint density at radius 2 is 2.12 bits per heavy atom. The van der Waals surface area contributed by atoms with Crippen molar-refractivity contribution in [2.45, 2.75) is 46.1 Å². The van der Waals surface area contributed by atoms with Crippen LogP contribution in [0.15, 0.2) is 18.2 Å². The van der Waals surface area contributed by atoms with Gasteiger partial charge in [0.15, 0.2) is 5.13 Å². The summed E-state index contributed by atoms with van der Waals surface area (Å²) in [5.41, 5.74) is 2.50. The maximum Gasteiger partial charge on any atom is 0.184 e. The summed E-state index contributed by atoms with van der Waals surface area (Å²) in [4.78, 5) is 4.69. The summed E-state index contributed by atoms with van der Waals surface area (Å²) in [6.07, 6.45) is 2.34. The van der Waals surface area contributed by atoms with Crippen LogP contribution in [0.4, 0.5) is 5.13 Å². The molecule has 0 unspecified atom stereocenters. The summed E-state index contributed by atoms with van der Waals surface area (Å²) >= 11 is 1.74. The maximum atomic E-state index is 4.69. The van der Waals surface area contributed by atoms with Crippen molar-refractivity contribution in [3.63, 3.8) is 0 Å². The van der Waals surface area contributed by atoms with E-state index in [9.17, 15) is 0 Å². The molecule has 0 spiro atoms. The van der Waals surface area contributed by atoms with E-state index < -0.39 is 0 Å². The zero-order valence-corrected chi connectivity index (χ0v) is 11.8. The Bertz CT molecular complexity index is 514. The molecule has 0 aliphatic rings. The number of hydrogen-bond donors (Lipinski definition) is 1. The third kappa shape index (κ3) is 2.78. The van der Waals surface area contributed by atoms with Gasteiger partial charge in [0, 0.05) is 5.54 Å². The van der Waals surface area contributed by atoms with E-state index in [1.807, 2.05) is 0 Å². The van der Waals surface area contributed by atoms with Crippen LogP contribution >= 0.6 is 11.3 Å². The first-order valence-corrected chi connectivity index (χ1v) is 6.98. The largest absolute Gasteiger partial charge is 0.357 e. The standard InChI is InChI=1S/C14H20N2S/c1-5-9-14(3,4)16-13-15-12-10(2)7-6-8-11(12)17-13/h6-8H,5,9H2,1-4H3,(H,15,16). The summed E-state index contributed by atoms with van der Waals surface area (Å²) in [7, 11) is 0. The quantitative estimate of drug-likeness (QED) is 0.855. The number of benzene rings is 1. The highest BCUT2D eigenvalue weighted by Crippen LogP contribution is 2.30. The van der Waals surface area contributed by atoms with Gasteiger partial charge < -0.3 is 5.32 Å². The molecule has 1 N–H and O–H groups in total. The number of aromatic nitrogens is 1. The average molecular weight is 248 g/mol. The number of nitrogens with one attached hydrogen (secondary N) is 1. The van der Waals surface area contributed by atoms with E-state index in [-0.39, 0.29) is 5.54 Å². The minimum absolute atomic E-state index is 0.122. The summed E-state index contributed by atoms with van der Waals surface area (Å²) in [6, 6.07) is 6.35. The number of fused-ring (bicyclic) bond motifs is 1. The molecule has 3 heteroatoms. The van der Waals surface area contributed by atoms with Gasteiger partial charge in [0.25, 0.3) is 0 Å². The van der Waals surface area contributed by atoms with Crippen molar-refractivity contribution >= 4 is 26.7 Å². The number of para-hydroxylation sites is 1. The molecule has 92 valence electrons. The number of hydrogen-bond acceptors (Lipinski definition) is 3. The third-order valence-electron chi connectivity index (χ3n) is 2.94. The van der Waals surface area contributed by atoms with Gasteiger partial charge in [-0.2, -0.15) is 0 Å². The fourth-order valence-corrected chi connectivity index (χ4v) is 3.24.